The standard InChI is InChI=1S/C17H24N2S/c1-11(2)14-6-7-16(15(8-14)12(3)4)18-9-17-19-13(5)10-20-17/h6-8,10-12,18H,9H2,1-5H3. The molecule has 1 heterocycles. The summed E-state index contributed by atoms with van der Waals surface area (Å²) in [5, 5.41) is 6.78. The lowest BCUT2D eigenvalue weighted by molar-refractivity contribution is 0.833. The molecule has 1 aromatic carbocycles. The first-order valence-corrected chi connectivity index (χ1v) is 8.14. The number of aromatic nitrogens is 1. The summed E-state index contributed by atoms with van der Waals surface area (Å²) >= 11 is 1.72. The highest BCUT2D eigenvalue weighted by Gasteiger charge is 2.10. The van der Waals surface area contributed by atoms with E-state index < -0.39 is 0 Å². The summed E-state index contributed by atoms with van der Waals surface area (Å²) in [4.78, 5) is 4.50. The van der Waals surface area contributed by atoms with Gasteiger partial charge in [0, 0.05) is 16.8 Å². The van der Waals surface area contributed by atoms with Crippen LogP contribution in [0.4, 0.5) is 5.69 Å². The molecule has 1 N–H and O–H groups in total. The minimum atomic E-state index is 0.522. The van der Waals surface area contributed by atoms with Crippen molar-refractivity contribution in [1.29, 1.82) is 0 Å². The maximum atomic E-state index is 4.50. The summed E-state index contributed by atoms with van der Waals surface area (Å²) in [6.45, 7) is 11.8. The Morgan fingerprint density at radius 2 is 1.90 bits per heavy atom. The van der Waals surface area contributed by atoms with E-state index in [0.717, 1.165) is 17.2 Å². The van der Waals surface area contributed by atoms with Gasteiger partial charge in [-0.3, -0.25) is 0 Å². The molecule has 0 saturated carbocycles. The molecule has 0 atom stereocenters. The lowest BCUT2D eigenvalue weighted by Crippen LogP contribution is -2.04. The molecule has 0 fully saturated rings. The summed E-state index contributed by atoms with van der Waals surface area (Å²) in [7, 11) is 0. The third kappa shape index (κ3) is 3.60. The Morgan fingerprint density at radius 1 is 1.15 bits per heavy atom. The van der Waals surface area contributed by atoms with Crippen LogP contribution in [-0.2, 0) is 6.54 Å². The van der Waals surface area contributed by atoms with Gasteiger partial charge in [0.25, 0.3) is 0 Å². The smallest absolute Gasteiger partial charge is 0.112 e. The molecule has 1 aromatic heterocycles. The van der Waals surface area contributed by atoms with Crippen molar-refractivity contribution in [2.45, 2.75) is 53.0 Å². The molecule has 0 aliphatic heterocycles. The lowest BCUT2D eigenvalue weighted by Gasteiger charge is -2.17. The second-order valence-corrected chi connectivity index (χ2v) is 6.83. The average molecular weight is 288 g/mol. The number of nitrogens with zero attached hydrogens (tertiary/aromatic N) is 1. The van der Waals surface area contributed by atoms with Crippen LogP contribution in [0.1, 0.15) is 61.4 Å². The highest BCUT2D eigenvalue weighted by atomic mass is 32.1. The van der Waals surface area contributed by atoms with Crippen LogP contribution < -0.4 is 5.32 Å². The molecular weight excluding hydrogens is 264 g/mol. The minimum absolute atomic E-state index is 0.522. The maximum Gasteiger partial charge on any atom is 0.112 e. The van der Waals surface area contributed by atoms with Crippen LogP contribution in [0, 0.1) is 6.92 Å². The van der Waals surface area contributed by atoms with Crippen molar-refractivity contribution in [1.82, 2.24) is 4.98 Å². The number of benzene rings is 1. The SMILES string of the molecule is Cc1csc(CNc2ccc(C(C)C)cc2C(C)C)n1. The Balaban J connectivity index is 2.18. The van der Waals surface area contributed by atoms with E-state index in [4.69, 9.17) is 0 Å². The Kier molecular flexibility index (Phi) is 4.81. The van der Waals surface area contributed by atoms with Gasteiger partial charge >= 0.3 is 0 Å². The number of thiazole rings is 1. The molecule has 0 saturated heterocycles. The fraction of sp³-hybridized carbons (Fsp3) is 0.471. The summed E-state index contributed by atoms with van der Waals surface area (Å²) in [6, 6.07) is 6.78. The van der Waals surface area contributed by atoms with Gasteiger partial charge in [-0.15, -0.1) is 11.3 Å². The Morgan fingerprint density at radius 3 is 2.45 bits per heavy atom. The minimum Gasteiger partial charge on any atom is -0.378 e. The Labute approximate surface area is 126 Å². The van der Waals surface area contributed by atoms with Gasteiger partial charge < -0.3 is 5.32 Å². The molecule has 2 aromatic rings. The number of hydrogen-bond donors (Lipinski definition) is 1. The van der Waals surface area contributed by atoms with Gasteiger partial charge in [-0.2, -0.15) is 0 Å². The van der Waals surface area contributed by atoms with E-state index in [1.807, 2.05) is 6.92 Å². The predicted octanol–water partition coefficient (Wildman–Crippen LogP) is 5.31. The third-order valence-corrected chi connectivity index (χ3v) is 4.43. The second kappa shape index (κ2) is 6.40. The van der Waals surface area contributed by atoms with Crippen molar-refractivity contribution in [3.63, 3.8) is 0 Å². The summed E-state index contributed by atoms with van der Waals surface area (Å²) in [5.41, 5.74) is 5.14. The lowest BCUT2D eigenvalue weighted by atomic mass is 9.94. The number of rotatable bonds is 5. The van der Waals surface area contributed by atoms with Crippen molar-refractivity contribution in [2.75, 3.05) is 5.32 Å². The molecule has 2 rings (SSSR count). The van der Waals surface area contributed by atoms with E-state index in [-0.39, 0.29) is 0 Å². The number of aryl methyl sites for hydroxylation is 1. The molecule has 0 amide bonds. The first kappa shape index (κ1) is 15.0. The van der Waals surface area contributed by atoms with E-state index >= 15 is 0 Å². The van der Waals surface area contributed by atoms with Crippen LogP contribution in [0.2, 0.25) is 0 Å². The second-order valence-electron chi connectivity index (χ2n) is 5.89. The van der Waals surface area contributed by atoms with Crippen molar-refractivity contribution >= 4 is 17.0 Å². The number of anilines is 1. The van der Waals surface area contributed by atoms with Gasteiger partial charge in [-0.05, 0) is 36.0 Å². The molecule has 0 spiro atoms. The van der Waals surface area contributed by atoms with Gasteiger partial charge in [0.05, 0.1) is 6.54 Å². The first-order valence-electron chi connectivity index (χ1n) is 7.26. The van der Waals surface area contributed by atoms with Crippen LogP contribution in [0.5, 0.6) is 0 Å². The van der Waals surface area contributed by atoms with E-state index in [0.29, 0.717) is 11.8 Å². The van der Waals surface area contributed by atoms with E-state index in [1.165, 1.54) is 16.8 Å². The monoisotopic (exact) mass is 288 g/mol. The highest BCUT2D eigenvalue weighted by molar-refractivity contribution is 7.09. The zero-order valence-electron chi connectivity index (χ0n) is 13.0. The van der Waals surface area contributed by atoms with Crippen molar-refractivity contribution in [3.05, 3.63) is 45.4 Å². The molecule has 0 radical (unpaired) electrons. The van der Waals surface area contributed by atoms with E-state index in [9.17, 15) is 0 Å². The quantitative estimate of drug-likeness (QED) is 0.806. The van der Waals surface area contributed by atoms with Crippen molar-refractivity contribution < 1.29 is 0 Å². The molecule has 20 heavy (non-hydrogen) atoms. The fourth-order valence-electron chi connectivity index (χ4n) is 2.23. The van der Waals surface area contributed by atoms with Crippen LogP contribution in [-0.4, -0.2) is 4.98 Å². The largest absolute Gasteiger partial charge is 0.378 e. The van der Waals surface area contributed by atoms with Gasteiger partial charge in [-0.1, -0.05) is 39.8 Å². The highest BCUT2D eigenvalue weighted by Crippen LogP contribution is 2.28. The summed E-state index contributed by atoms with van der Waals surface area (Å²) < 4.78 is 0. The van der Waals surface area contributed by atoms with Gasteiger partial charge in [0.2, 0.25) is 0 Å². The van der Waals surface area contributed by atoms with Crippen LogP contribution in [0.15, 0.2) is 23.6 Å². The summed E-state index contributed by atoms with van der Waals surface area (Å²) in [6.07, 6.45) is 0. The molecular formula is C17H24N2S. The van der Waals surface area contributed by atoms with Crippen molar-refractivity contribution in [2.24, 2.45) is 0 Å². The van der Waals surface area contributed by atoms with Crippen molar-refractivity contribution in [3.8, 4) is 0 Å². The van der Waals surface area contributed by atoms with E-state index in [2.05, 4.69) is 61.6 Å². The van der Waals surface area contributed by atoms with Crippen LogP contribution in [0.3, 0.4) is 0 Å². The average Bonchev–Trinajstić information content (AvgIpc) is 2.81. The first-order chi connectivity index (χ1) is 9.47. The van der Waals surface area contributed by atoms with Gasteiger partial charge in [0.1, 0.15) is 5.01 Å². The third-order valence-electron chi connectivity index (χ3n) is 3.46. The van der Waals surface area contributed by atoms with Gasteiger partial charge in [-0.25, -0.2) is 4.98 Å². The predicted molar refractivity (Wildman–Crippen MR) is 88.8 cm³/mol. The maximum absolute atomic E-state index is 4.50. The zero-order valence-corrected chi connectivity index (χ0v) is 13.8. The topological polar surface area (TPSA) is 24.9 Å². The summed E-state index contributed by atoms with van der Waals surface area (Å²) in [5.74, 6) is 1.09. The van der Waals surface area contributed by atoms with Gasteiger partial charge in [0.15, 0.2) is 0 Å². The molecule has 0 unspecified atom stereocenters. The Bertz CT molecular complexity index is 570. The molecule has 3 heteroatoms. The number of nitrogens with one attached hydrogen (secondary N) is 1. The van der Waals surface area contributed by atoms with Crippen LogP contribution >= 0.6 is 11.3 Å². The Hall–Kier alpha value is -1.35. The number of hydrogen-bond acceptors (Lipinski definition) is 3. The molecule has 0 aliphatic rings. The molecule has 2 nitrogen and oxygen atoms in total. The normalized spacial score (nSPS) is 11.3. The molecule has 108 valence electrons. The molecule has 0 bridgehead atoms. The van der Waals surface area contributed by atoms with E-state index in [1.54, 1.807) is 11.3 Å². The zero-order chi connectivity index (χ0) is 14.7. The fourth-order valence-corrected chi connectivity index (χ4v) is 2.95. The van der Waals surface area contributed by atoms with Crippen LogP contribution in [0.25, 0.3) is 0 Å². The molecule has 0 aliphatic carbocycles.